The number of carbonyl (C=O) groups is 8. The number of carboxylic acid groups (broad SMARTS) is 1. The van der Waals surface area contributed by atoms with Crippen LogP contribution in [0.25, 0.3) is 0 Å². The van der Waals surface area contributed by atoms with E-state index in [2.05, 4.69) is 31.6 Å². The molecule has 0 aliphatic carbocycles. The molecular weight excluding hydrogens is 925 g/mol. The van der Waals surface area contributed by atoms with Gasteiger partial charge in [-0.15, -0.1) is 0 Å². The Morgan fingerprint density at radius 2 is 1.14 bits per heavy atom. The van der Waals surface area contributed by atoms with Crippen LogP contribution < -0.4 is 49.5 Å². The van der Waals surface area contributed by atoms with Crippen molar-refractivity contribution in [1.29, 1.82) is 0 Å². The highest BCUT2D eigenvalue weighted by molar-refractivity contribution is 5.98. The monoisotopic (exact) mass is 1000 g/mol. The number of guanidine groups is 1. The number of unbranched alkanes of at least 4 members (excludes halogenated alkanes) is 1. The molecular formula is C51H78N12O9. The third-order valence-electron chi connectivity index (χ3n) is 13.4. The van der Waals surface area contributed by atoms with Crippen LogP contribution in [-0.4, -0.2) is 143 Å². The molecule has 21 heteroatoms. The Labute approximate surface area is 422 Å². The van der Waals surface area contributed by atoms with Gasteiger partial charge in [0.15, 0.2) is 5.96 Å². The Morgan fingerprint density at radius 1 is 0.653 bits per heavy atom. The first kappa shape index (κ1) is 58.0. The van der Waals surface area contributed by atoms with E-state index in [1.165, 1.54) is 9.80 Å². The summed E-state index contributed by atoms with van der Waals surface area (Å²) in [4.78, 5) is 118. The molecule has 2 aromatic carbocycles. The summed E-state index contributed by atoms with van der Waals surface area (Å²) in [5, 5.41) is 23.9. The van der Waals surface area contributed by atoms with Crippen LogP contribution >= 0.6 is 0 Å². The molecule has 72 heavy (non-hydrogen) atoms. The fourth-order valence-corrected chi connectivity index (χ4v) is 8.93. The van der Waals surface area contributed by atoms with Gasteiger partial charge < -0.3 is 64.4 Å². The largest absolute Gasteiger partial charge is 0.480 e. The Kier molecular flexibility index (Phi) is 23.4. The molecule has 7 amide bonds. The van der Waals surface area contributed by atoms with Crippen LogP contribution in [0.15, 0.2) is 65.7 Å². The number of rotatable bonds is 28. The minimum Gasteiger partial charge on any atom is -0.480 e. The number of carbonyl (C=O) groups excluding carboxylic acids is 7. The van der Waals surface area contributed by atoms with Gasteiger partial charge in [0.2, 0.25) is 41.4 Å². The van der Waals surface area contributed by atoms with Crippen LogP contribution in [0.1, 0.15) is 103 Å². The zero-order valence-corrected chi connectivity index (χ0v) is 42.2. The van der Waals surface area contributed by atoms with Gasteiger partial charge in [0.1, 0.15) is 42.3 Å². The molecule has 2 saturated heterocycles. The highest BCUT2D eigenvalue weighted by atomic mass is 16.4. The SMILES string of the molecule is CC[C@H](C)[C@H](NC(=O)[C@H](Cc1ccccc1)NC(=O)[C@@H](N)C(C)C)C(=O)N1CCC[C@H]1C(=O)N[C@@H](CCCCN)C(=O)N1CCC[C@H]1C(=O)N[C@@H](Cc1ccccc1)C(=O)N[C@@H](CCCN=C(N)N)C(=O)O. The second-order valence-electron chi connectivity index (χ2n) is 19.2. The highest BCUT2D eigenvalue weighted by Crippen LogP contribution is 2.24. The summed E-state index contributed by atoms with van der Waals surface area (Å²) in [5.74, 6) is -6.00. The average Bonchev–Trinajstić information content (AvgIpc) is 4.07. The van der Waals surface area contributed by atoms with E-state index >= 15 is 0 Å². The normalized spacial score (nSPS) is 18.4. The zero-order chi connectivity index (χ0) is 52.9. The Hall–Kier alpha value is -6.61. The molecule has 0 radical (unpaired) electrons. The number of likely N-dealkylation sites (tertiary alicyclic amines) is 2. The molecule has 0 unspecified atom stereocenters. The van der Waals surface area contributed by atoms with Gasteiger partial charge in [-0.1, -0.05) is 94.8 Å². The fourth-order valence-electron chi connectivity index (χ4n) is 8.93. The molecule has 2 aliphatic rings. The van der Waals surface area contributed by atoms with E-state index in [1.807, 2.05) is 44.2 Å². The van der Waals surface area contributed by atoms with E-state index in [0.717, 1.165) is 5.56 Å². The zero-order valence-electron chi connectivity index (χ0n) is 42.2. The quantitative estimate of drug-likeness (QED) is 0.0309. The summed E-state index contributed by atoms with van der Waals surface area (Å²) in [6.07, 6.45) is 3.61. The first-order valence-corrected chi connectivity index (χ1v) is 25.3. The van der Waals surface area contributed by atoms with Gasteiger partial charge in [-0.05, 0) is 87.3 Å². The van der Waals surface area contributed by atoms with E-state index < -0.39 is 95.7 Å². The Bertz CT molecular complexity index is 2160. The third-order valence-corrected chi connectivity index (χ3v) is 13.4. The average molecular weight is 1000 g/mol. The number of hydrogen-bond acceptors (Lipinski definition) is 11. The molecule has 2 fully saturated rings. The molecule has 0 aromatic heterocycles. The molecule has 0 bridgehead atoms. The number of aliphatic carboxylic acids is 1. The number of amides is 7. The van der Waals surface area contributed by atoms with Crippen LogP contribution in [0.2, 0.25) is 0 Å². The minimum absolute atomic E-state index is 0.0128. The van der Waals surface area contributed by atoms with Crippen molar-refractivity contribution in [3.8, 4) is 0 Å². The fraction of sp³-hybridized carbons (Fsp3) is 0.588. The number of nitrogens with zero attached hydrogens (tertiary/aromatic N) is 3. The first-order chi connectivity index (χ1) is 34.4. The second kappa shape index (κ2) is 29.0. The smallest absolute Gasteiger partial charge is 0.326 e. The van der Waals surface area contributed by atoms with Gasteiger partial charge in [-0.3, -0.25) is 38.6 Å². The van der Waals surface area contributed by atoms with Gasteiger partial charge in [-0.2, -0.15) is 0 Å². The Balaban J connectivity index is 1.52. The van der Waals surface area contributed by atoms with Crippen molar-refractivity contribution < 1.29 is 43.5 Å². The lowest BCUT2D eigenvalue weighted by atomic mass is 9.96. The van der Waals surface area contributed by atoms with Crippen molar-refractivity contribution in [2.45, 2.75) is 153 Å². The van der Waals surface area contributed by atoms with Crippen LogP contribution in [0.5, 0.6) is 0 Å². The van der Waals surface area contributed by atoms with Crippen LogP contribution in [0, 0.1) is 11.8 Å². The van der Waals surface area contributed by atoms with Crippen molar-refractivity contribution >= 4 is 53.3 Å². The minimum atomic E-state index is -1.30. The molecule has 2 aliphatic heterocycles. The lowest BCUT2D eigenvalue weighted by Crippen LogP contribution is -2.61. The number of benzene rings is 2. The van der Waals surface area contributed by atoms with E-state index in [9.17, 15) is 43.5 Å². The number of aliphatic imine (C=N–C) groups is 1. The van der Waals surface area contributed by atoms with E-state index in [1.54, 1.807) is 44.2 Å². The van der Waals surface area contributed by atoms with Crippen LogP contribution in [0.4, 0.5) is 0 Å². The van der Waals surface area contributed by atoms with Crippen molar-refractivity contribution in [1.82, 2.24) is 36.4 Å². The summed E-state index contributed by atoms with van der Waals surface area (Å²) in [6.45, 7) is 8.20. The van der Waals surface area contributed by atoms with Crippen LogP contribution in [-0.2, 0) is 51.2 Å². The molecule has 0 saturated carbocycles. The molecule has 14 N–H and O–H groups in total. The van der Waals surface area contributed by atoms with Crippen molar-refractivity contribution in [2.24, 2.45) is 39.8 Å². The molecule has 396 valence electrons. The van der Waals surface area contributed by atoms with Crippen LogP contribution in [0.3, 0.4) is 0 Å². The maximum atomic E-state index is 14.6. The Morgan fingerprint density at radius 3 is 1.64 bits per heavy atom. The summed E-state index contributed by atoms with van der Waals surface area (Å²) in [7, 11) is 0. The number of hydrogen-bond donors (Lipinski definition) is 10. The summed E-state index contributed by atoms with van der Waals surface area (Å²) >= 11 is 0. The number of nitrogens with two attached hydrogens (primary N) is 4. The van der Waals surface area contributed by atoms with E-state index in [-0.39, 0.29) is 76.0 Å². The first-order valence-electron chi connectivity index (χ1n) is 25.3. The maximum absolute atomic E-state index is 14.6. The predicted molar refractivity (Wildman–Crippen MR) is 272 cm³/mol. The second-order valence-corrected chi connectivity index (χ2v) is 19.2. The molecule has 21 nitrogen and oxygen atoms in total. The van der Waals surface area contributed by atoms with Gasteiger partial charge in [0.25, 0.3) is 0 Å². The maximum Gasteiger partial charge on any atom is 0.326 e. The van der Waals surface area contributed by atoms with Gasteiger partial charge >= 0.3 is 5.97 Å². The molecule has 2 heterocycles. The van der Waals surface area contributed by atoms with E-state index in [4.69, 9.17) is 22.9 Å². The van der Waals surface area contributed by atoms with E-state index in [0.29, 0.717) is 50.6 Å². The van der Waals surface area contributed by atoms with Gasteiger partial charge in [0.05, 0.1) is 6.04 Å². The lowest BCUT2D eigenvalue weighted by Gasteiger charge is -2.34. The van der Waals surface area contributed by atoms with Crippen molar-refractivity contribution in [3.63, 3.8) is 0 Å². The predicted octanol–water partition coefficient (Wildman–Crippen LogP) is 0.174. The molecule has 4 rings (SSSR count). The summed E-state index contributed by atoms with van der Waals surface area (Å²) in [6, 6.07) is 9.40. The number of carboxylic acids is 1. The standard InChI is InChI=1S/C51H78N12O9/c1-5-32(4)42(61-44(65)38(30-34-19-10-7-11-20-34)60-47(68)41(53)31(2)3)49(70)63-28-16-24-40(63)45(66)57-35(21-12-13-25-52)48(69)62-27-15-23-39(62)46(67)59-37(29-33-17-8-6-9-18-33)43(64)58-36(50(71)72)22-14-26-56-51(54)55/h6-11,17-20,31-32,35-42H,5,12-16,21-30,52-53H2,1-4H3,(H,57,66)(H,58,64)(H,59,67)(H,60,68)(H,61,65)(H,71,72)(H4,54,55,56)/t32-,35-,36-,37-,38-,39-,40-,41-,42-/m0/s1. The number of nitrogens with one attached hydrogen (secondary N) is 5. The summed E-state index contributed by atoms with van der Waals surface area (Å²) < 4.78 is 0. The topological polar surface area (TPSA) is 340 Å². The summed E-state index contributed by atoms with van der Waals surface area (Å²) in [5.41, 5.74) is 24.2. The molecule has 2 aromatic rings. The lowest BCUT2D eigenvalue weighted by molar-refractivity contribution is -0.145. The van der Waals surface area contributed by atoms with Gasteiger partial charge in [-0.25, -0.2) is 4.79 Å². The third kappa shape index (κ3) is 17.3. The molecule has 0 spiro atoms. The van der Waals surface area contributed by atoms with Crippen molar-refractivity contribution in [2.75, 3.05) is 26.2 Å². The van der Waals surface area contributed by atoms with Gasteiger partial charge in [0, 0.05) is 32.5 Å². The molecule has 9 atom stereocenters. The van der Waals surface area contributed by atoms with Crippen molar-refractivity contribution in [3.05, 3.63) is 71.8 Å². The highest BCUT2D eigenvalue weighted by Gasteiger charge is 2.43.